The molecular formula is C52H77FN2O6S2. The Morgan fingerprint density at radius 2 is 1.62 bits per heavy atom. The van der Waals surface area contributed by atoms with Crippen molar-refractivity contribution < 1.29 is 30.8 Å². The second-order valence-corrected chi connectivity index (χ2v) is 27.5. The van der Waals surface area contributed by atoms with Crippen molar-refractivity contribution in [1.82, 2.24) is 10.2 Å². The van der Waals surface area contributed by atoms with Crippen LogP contribution in [0.5, 0.6) is 0 Å². The number of hydrogen-bond acceptors (Lipinski definition) is 8. The summed E-state index contributed by atoms with van der Waals surface area (Å²) in [5, 5.41) is 3.98. The van der Waals surface area contributed by atoms with Gasteiger partial charge in [0.15, 0.2) is 19.7 Å². The van der Waals surface area contributed by atoms with Gasteiger partial charge in [0.05, 0.1) is 28.4 Å². The van der Waals surface area contributed by atoms with Crippen LogP contribution in [0.4, 0.5) is 4.39 Å². The van der Waals surface area contributed by atoms with Crippen LogP contribution in [0.1, 0.15) is 124 Å². The number of benzene rings is 1. The molecule has 6 aliphatic carbocycles. The number of nitrogens with one attached hydrogen (secondary N) is 1. The van der Waals surface area contributed by atoms with Gasteiger partial charge in [0.25, 0.3) is 0 Å². The molecule has 7 aliphatic rings. The molecule has 0 amide bonds. The Hall–Kier alpha value is -2.34. The first kappa shape index (κ1) is 47.2. The molecule has 11 heteroatoms. The van der Waals surface area contributed by atoms with Crippen molar-refractivity contribution in [3.8, 4) is 0 Å². The highest BCUT2D eigenvalue weighted by molar-refractivity contribution is 7.91. The molecule has 1 aliphatic heterocycles. The van der Waals surface area contributed by atoms with Gasteiger partial charge >= 0.3 is 5.97 Å². The average Bonchev–Trinajstić information content (AvgIpc) is 3.63. The molecule has 350 valence electrons. The van der Waals surface area contributed by atoms with E-state index in [0.29, 0.717) is 75.0 Å². The lowest BCUT2D eigenvalue weighted by Crippen LogP contribution is -2.68. The van der Waals surface area contributed by atoms with E-state index in [4.69, 9.17) is 4.74 Å². The Kier molecular flexibility index (Phi) is 12.8. The van der Waals surface area contributed by atoms with E-state index in [1.54, 1.807) is 0 Å². The molecule has 63 heavy (non-hydrogen) atoms. The number of rotatable bonds is 13. The third-order valence-electron chi connectivity index (χ3n) is 19.5. The lowest BCUT2D eigenvalue weighted by Gasteiger charge is -2.72. The van der Waals surface area contributed by atoms with E-state index in [2.05, 4.69) is 65.6 Å². The zero-order valence-electron chi connectivity index (χ0n) is 39.3. The summed E-state index contributed by atoms with van der Waals surface area (Å²) in [6.07, 6.45) is 16.4. The number of carbonyl (C=O) groups is 1. The summed E-state index contributed by atoms with van der Waals surface area (Å²) in [5.41, 5.74) is 4.06. The molecular weight excluding hydrogens is 832 g/mol. The van der Waals surface area contributed by atoms with E-state index < -0.39 is 37.7 Å². The minimum Gasteiger partial charge on any atom is -0.460 e. The van der Waals surface area contributed by atoms with Gasteiger partial charge in [-0.25, -0.2) is 21.2 Å². The van der Waals surface area contributed by atoms with E-state index in [9.17, 15) is 26.0 Å². The topological polar surface area (TPSA) is 110 Å². The fourth-order valence-electron chi connectivity index (χ4n) is 15.8. The highest BCUT2D eigenvalue weighted by Crippen LogP contribution is 2.76. The maximum atomic E-state index is 14.8. The number of halogens is 1. The molecule has 10 unspecified atom stereocenters. The van der Waals surface area contributed by atoms with Crippen LogP contribution in [-0.2, 0) is 35.8 Å². The van der Waals surface area contributed by atoms with Crippen LogP contribution in [0, 0.1) is 56.7 Å². The Bertz CT molecular complexity index is 2190. The molecule has 1 N–H and O–H groups in total. The smallest absolute Gasteiger partial charge is 0.315 e. The Labute approximate surface area is 379 Å². The van der Waals surface area contributed by atoms with Crippen molar-refractivity contribution in [2.24, 2.45) is 56.7 Å². The van der Waals surface area contributed by atoms with Crippen molar-refractivity contribution in [1.29, 1.82) is 0 Å². The summed E-state index contributed by atoms with van der Waals surface area (Å²) in [6, 6.07) is 9.61. The third kappa shape index (κ3) is 8.29. The van der Waals surface area contributed by atoms with Crippen LogP contribution in [0.15, 0.2) is 65.8 Å². The summed E-state index contributed by atoms with van der Waals surface area (Å²) < 4.78 is 71.0. The van der Waals surface area contributed by atoms with Gasteiger partial charge in [-0.3, -0.25) is 4.79 Å². The number of hydrogen-bond donors (Lipinski definition) is 1. The predicted molar refractivity (Wildman–Crippen MR) is 251 cm³/mol. The summed E-state index contributed by atoms with van der Waals surface area (Å²) in [4.78, 5) is 15.4. The van der Waals surface area contributed by atoms with Crippen molar-refractivity contribution in [3.05, 3.63) is 71.3 Å². The molecule has 5 fully saturated rings. The van der Waals surface area contributed by atoms with Gasteiger partial charge < -0.3 is 15.0 Å². The third-order valence-corrected chi connectivity index (χ3v) is 22.8. The highest BCUT2D eigenvalue weighted by Gasteiger charge is 2.70. The van der Waals surface area contributed by atoms with Crippen LogP contribution in [0.2, 0.25) is 0 Å². The van der Waals surface area contributed by atoms with E-state index in [-0.39, 0.29) is 56.8 Å². The average molecular weight is 909 g/mol. The van der Waals surface area contributed by atoms with Gasteiger partial charge in [-0.05, 0) is 152 Å². The van der Waals surface area contributed by atoms with Crippen LogP contribution in [-0.4, -0.2) is 89.1 Å². The van der Waals surface area contributed by atoms with Crippen LogP contribution >= 0.6 is 0 Å². The number of sulfone groups is 2. The number of ether oxygens (including phenoxy) is 1. The summed E-state index contributed by atoms with van der Waals surface area (Å²) in [7, 11) is -6.31. The highest BCUT2D eigenvalue weighted by atomic mass is 32.2. The number of alkyl halides is 1. The monoisotopic (exact) mass is 909 g/mol. The van der Waals surface area contributed by atoms with Gasteiger partial charge in [0.2, 0.25) is 0 Å². The first-order valence-corrected chi connectivity index (χ1v) is 28.0. The maximum absolute atomic E-state index is 14.8. The fourth-order valence-corrected chi connectivity index (χ4v) is 18.2. The molecule has 1 aromatic carbocycles. The van der Waals surface area contributed by atoms with E-state index in [0.717, 1.165) is 37.7 Å². The Balaban J connectivity index is 0.965. The molecule has 0 aromatic heterocycles. The SMILES string of the molecule is C=C(C)C1CCC2(NCCS(=O)(=O)CCN3CCS(=O)(=O)CC3)CCC3(C)C(CCC4C5(C)CC=C(C6=CCC(CF)(C(=O)OCc7ccccc7)CC6)C(C)(C)C5CCC43C)C12. The Morgan fingerprint density at radius 3 is 2.29 bits per heavy atom. The van der Waals surface area contributed by atoms with Crippen molar-refractivity contribution >= 4 is 25.6 Å². The minimum atomic E-state index is -3.31. The summed E-state index contributed by atoms with van der Waals surface area (Å²) >= 11 is 0. The molecule has 1 saturated heterocycles. The molecule has 4 saturated carbocycles. The molecule has 10 atom stereocenters. The zero-order chi connectivity index (χ0) is 45.3. The van der Waals surface area contributed by atoms with Crippen LogP contribution in [0.3, 0.4) is 0 Å². The quantitative estimate of drug-likeness (QED) is 0.154. The van der Waals surface area contributed by atoms with Gasteiger partial charge in [-0.15, -0.1) is 0 Å². The van der Waals surface area contributed by atoms with Gasteiger partial charge in [-0.1, -0.05) is 89.3 Å². The van der Waals surface area contributed by atoms with Gasteiger partial charge in [0, 0.05) is 31.7 Å². The molecule has 0 bridgehead atoms. The molecule has 1 heterocycles. The largest absolute Gasteiger partial charge is 0.460 e. The number of nitrogens with zero attached hydrogens (tertiary/aromatic N) is 1. The minimum absolute atomic E-state index is 0.0572. The standard InChI is InChI=1S/C52H77FN2O6S2/c1-37(2)40-17-24-52(54-27-31-62(57,58)32-28-55-29-33-63(59,60)34-30-55)26-25-49(6)42(45(40)52)13-14-44-48(5)20-18-41(47(3,4)43(48)19-21-50(44,49)7)39-15-22-51(36-53,23-16-39)46(56)61-35-38-11-9-8-10-12-38/h8-12,15,18,40,42-45,54H,1,13-14,16-17,19-36H2,2-7H3. The summed E-state index contributed by atoms with van der Waals surface area (Å²) in [5.74, 6) is 2.43. The Morgan fingerprint density at radius 1 is 0.889 bits per heavy atom. The van der Waals surface area contributed by atoms with Gasteiger partial charge in [0.1, 0.15) is 13.3 Å². The van der Waals surface area contributed by atoms with E-state index in [1.807, 2.05) is 35.2 Å². The zero-order valence-corrected chi connectivity index (χ0v) is 40.9. The van der Waals surface area contributed by atoms with E-state index >= 15 is 0 Å². The normalized spacial score (nSPS) is 39.7. The van der Waals surface area contributed by atoms with Crippen molar-refractivity contribution in [3.63, 3.8) is 0 Å². The van der Waals surface area contributed by atoms with Crippen LogP contribution in [0.25, 0.3) is 0 Å². The second kappa shape index (κ2) is 17.1. The lowest BCUT2D eigenvalue weighted by molar-refractivity contribution is -0.221. The van der Waals surface area contributed by atoms with Crippen molar-refractivity contribution in [2.45, 2.75) is 131 Å². The molecule has 8 nitrogen and oxygen atoms in total. The fraction of sp³-hybridized carbons (Fsp3) is 0.750. The van der Waals surface area contributed by atoms with Gasteiger partial charge in [-0.2, -0.15) is 0 Å². The first-order chi connectivity index (χ1) is 29.6. The lowest BCUT2D eigenvalue weighted by atomic mass is 9.33. The number of esters is 1. The maximum Gasteiger partial charge on any atom is 0.315 e. The van der Waals surface area contributed by atoms with Crippen molar-refractivity contribution in [2.75, 3.05) is 55.9 Å². The molecule has 0 spiro atoms. The number of fused-ring (bicyclic) bond motifs is 7. The van der Waals surface area contributed by atoms with E-state index in [1.165, 1.54) is 42.4 Å². The molecule has 0 radical (unpaired) electrons. The second-order valence-electron chi connectivity index (χ2n) is 22.9. The molecule has 1 aromatic rings. The summed E-state index contributed by atoms with van der Waals surface area (Å²) in [6.45, 7) is 20.7. The molecule has 8 rings (SSSR count). The number of carbonyl (C=O) groups excluding carboxylic acids is 1. The predicted octanol–water partition coefficient (Wildman–Crippen LogP) is 9.48. The first-order valence-electron chi connectivity index (χ1n) is 24.4. The van der Waals surface area contributed by atoms with Crippen LogP contribution < -0.4 is 5.32 Å². The number of allylic oxidation sites excluding steroid dienone is 5.